The maximum atomic E-state index is 13.1. The van der Waals surface area contributed by atoms with Crippen molar-refractivity contribution in [3.05, 3.63) is 29.8 Å². The lowest BCUT2D eigenvalue weighted by Gasteiger charge is -2.19. The molecule has 1 aromatic carbocycles. The molecule has 18 heavy (non-hydrogen) atoms. The summed E-state index contributed by atoms with van der Waals surface area (Å²) in [5.74, 6) is -6.28. The van der Waals surface area contributed by atoms with E-state index in [1.807, 2.05) is 6.92 Å². The normalized spacial score (nSPS) is 13.1. The summed E-state index contributed by atoms with van der Waals surface area (Å²) >= 11 is 0. The van der Waals surface area contributed by atoms with Crippen LogP contribution in [0.4, 0.5) is 8.78 Å². The number of carbonyl (C=O) groups is 1. The van der Waals surface area contributed by atoms with Crippen molar-refractivity contribution in [1.29, 1.82) is 0 Å². The lowest BCUT2D eigenvalue weighted by molar-refractivity contribution is -0.182. The Morgan fingerprint density at radius 2 is 2.17 bits per heavy atom. The van der Waals surface area contributed by atoms with Crippen molar-refractivity contribution < 1.29 is 28.5 Å². The van der Waals surface area contributed by atoms with E-state index in [0.29, 0.717) is 12.4 Å². The largest absolute Gasteiger partial charge is 0.494 e. The van der Waals surface area contributed by atoms with Crippen LogP contribution in [0.1, 0.15) is 25.0 Å². The van der Waals surface area contributed by atoms with Crippen molar-refractivity contribution in [2.24, 2.45) is 0 Å². The van der Waals surface area contributed by atoms with E-state index in [1.54, 1.807) is 6.07 Å². The van der Waals surface area contributed by atoms with Gasteiger partial charge in [-0.05, 0) is 24.1 Å². The summed E-state index contributed by atoms with van der Waals surface area (Å²) in [6.07, 6.45) is -1.65. The van der Waals surface area contributed by atoms with Gasteiger partial charge in [-0.2, -0.15) is 8.78 Å². The molecular weight excluding hydrogens is 246 g/mol. The molecular formula is C12H14F2O4. The van der Waals surface area contributed by atoms with Gasteiger partial charge in [-0.25, -0.2) is 4.79 Å². The zero-order valence-electron chi connectivity index (χ0n) is 9.77. The van der Waals surface area contributed by atoms with Crippen molar-refractivity contribution in [1.82, 2.24) is 0 Å². The molecule has 4 nitrogen and oxygen atoms in total. The number of benzene rings is 1. The van der Waals surface area contributed by atoms with Crippen LogP contribution < -0.4 is 4.74 Å². The zero-order valence-corrected chi connectivity index (χ0v) is 9.77. The molecule has 0 heterocycles. The molecule has 0 aliphatic heterocycles. The van der Waals surface area contributed by atoms with Gasteiger partial charge in [0.05, 0.1) is 6.61 Å². The molecule has 0 radical (unpaired) electrons. The fraction of sp³-hybridized carbons (Fsp3) is 0.417. The summed E-state index contributed by atoms with van der Waals surface area (Å²) in [6, 6.07) is 5.39. The second-order valence-corrected chi connectivity index (χ2v) is 3.75. The van der Waals surface area contributed by atoms with Crippen LogP contribution in [-0.4, -0.2) is 28.7 Å². The fourth-order valence-corrected chi connectivity index (χ4v) is 1.32. The van der Waals surface area contributed by atoms with Gasteiger partial charge in [0.1, 0.15) is 5.75 Å². The monoisotopic (exact) mass is 260 g/mol. The maximum Gasteiger partial charge on any atom is 0.377 e. The lowest BCUT2D eigenvalue weighted by Crippen LogP contribution is -2.35. The van der Waals surface area contributed by atoms with Crippen molar-refractivity contribution in [3.8, 4) is 5.75 Å². The lowest BCUT2D eigenvalue weighted by atomic mass is 10.0. The van der Waals surface area contributed by atoms with Crippen LogP contribution in [0.25, 0.3) is 0 Å². The first-order chi connectivity index (χ1) is 8.39. The molecule has 1 aromatic rings. The van der Waals surface area contributed by atoms with Gasteiger partial charge in [0.15, 0.2) is 6.10 Å². The van der Waals surface area contributed by atoms with Crippen LogP contribution in [0.2, 0.25) is 0 Å². The Balaban J connectivity index is 2.92. The van der Waals surface area contributed by atoms with Gasteiger partial charge in [-0.3, -0.25) is 0 Å². The average Bonchev–Trinajstić information content (AvgIpc) is 2.35. The number of aliphatic hydroxyl groups is 1. The van der Waals surface area contributed by atoms with Crippen molar-refractivity contribution >= 4 is 5.97 Å². The number of hydrogen-bond acceptors (Lipinski definition) is 3. The molecule has 2 N–H and O–H groups in total. The number of hydrogen-bond donors (Lipinski definition) is 2. The predicted molar refractivity (Wildman–Crippen MR) is 59.8 cm³/mol. The Morgan fingerprint density at radius 3 is 2.72 bits per heavy atom. The molecule has 100 valence electrons. The van der Waals surface area contributed by atoms with Gasteiger partial charge in [-0.1, -0.05) is 19.1 Å². The van der Waals surface area contributed by atoms with E-state index in [-0.39, 0.29) is 5.56 Å². The number of alkyl halides is 2. The Kier molecular flexibility index (Phi) is 4.61. The van der Waals surface area contributed by atoms with Crippen LogP contribution in [0.5, 0.6) is 5.75 Å². The topological polar surface area (TPSA) is 66.8 Å². The fourth-order valence-electron chi connectivity index (χ4n) is 1.32. The van der Waals surface area contributed by atoms with Crippen molar-refractivity contribution in [2.75, 3.05) is 6.61 Å². The van der Waals surface area contributed by atoms with E-state index in [0.717, 1.165) is 6.42 Å². The van der Waals surface area contributed by atoms with Crippen LogP contribution >= 0.6 is 0 Å². The van der Waals surface area contributed by atoms with E-state index in [4.69, 9.17) is 9.84 Å². The zero-order chi connectivity index (χ0) is 13.8. The Bertz CT molecular complexity index is 420. The number of halogens is 2. The molecule has 1 unspecified atom stereocenters. The summed E-state index contributed by atoms with van der Waals surface area (Å²) in [5.41, 5.74) is -0.198. The Morgan fingerprint density at radius 1 is 1.50 bits per heavy atom. The minimum Gasteiger partial charge on any atom is -0.494 e. The van der Waals surface area contributed by atoms with Crippen LogP contribution in [0, 0.1) is 0 Å². The summed E-state index contributed by atoms with van der Waals surface area (Å²) < 4.78 is 31.5. The highest BCUT2D eigenvalue weighted by atomic mass is 19.3. The third-order valence-electron chi connectivity index (χ3n) is 2.28. The molecule has 0 aliphatic carbocycles. The number of carboxylic acid groups (broad SMARTS) is 1. The SMILES string of the molecule is CCCOc1cccc(C(O)C(F)(F)C(=O)O)c1. The van der Waals surface area contributed by atoms with Crippen molar-refractivity contribution in [3.63, 3.8) is 0 Å². The van der Waals surface area contributed by atoms with Gasteiger partial charge in [-0.15, -0.1) is 0 Å². The number of aliphatic hydroxyl groups excluding tert-OH is 1. The summed E-state index contributed by atoms with van der Waals surface area (Å²) in [4.78, 5) is 10.4. The third-order valence-corrected chi connectivity index (χ3v) is 2.28. The van der Waals surface area contributed by atoms with Gasteiger partial charge >= 0.3 is 11.9 Å². The second kappa shape index (κ2) is 5.77. The summed E-state index contributed by atoms with van der Waals surface area (Å²) in [5, 5.41) is 17.7. The highest BCUT2D eigenvalue weighted by molar-refractivity contribution is 5.76. The molecule has 6 heteroatoms. The molecule has 0 bridgehead atoms. The van der Waals surface area contributed by atoms with E-state index in [1.165, 1.54) is 18.2 Å². The highest BCUT2D eigenvalue weighted by Crippen LogP contribution is 2.32. The molecule has 1 atom stereocenters. The van der Waals surface area contributed by atoms with Gasteiger partial charge in [0, 0.05) is 0 Å². The van der Waals surface area contributed by atoms with Gasteiger partial charge < -0.3 is 14.9 Å². The molecule has 0 aromatic heterocycles. The maximum absolute atomic E-state index is 13.1. The van der Waals surface area contributed by atoms with Crippen LogP contribution in [0.15, 0.2) is 24.3 Å². The summed E-state index contributed by atoms with van der Waals surface area (Å²) in [6.45, 7) is 2.30. The van der Waals surface area contributed by atoms with E-state index >= 15 is 0 Å². The first kappa shape index (κ1) is 14.4. The molecule has 0 spiro atoms. The first-order valence-corrected chi connectivity index (χ1v) is 5.41. The van der Waals surface area contributed by atoms with E-state index in [9.17, 15) is 18.7 Å². The van der Waals surface area contributed by atoms with Gasteiger partial charge in [0.2, 0.25) is 0 Å². The number of ether oxygens (including phenoxy) is 1. The Labute approximate surface area is 103 Å². The van der Waals surface area contributed by atoms with Crippen molar-refractivity contribution in [2.45, 2.75) is 25.4 Å². The van der Waals surface area contributed by atoms with Gasteiger partial charge in [0.25, 0.3) is 0 Å². The molecule has 0 saturated carbocycles. The Hall–Kier alpha value is -1.69. The second-order valence-electron chi connectivity index (χ2n) is 3.75. The standard InChI is InChI=1S/C12H14F2O4/c1-2-6-18-9-5-3-4-8(7-9)10(15)12(13,14)11(16)17/h3-5,7,10,15H,2,6H2,1H3,(H,16,17). The molecule has 0 aliphatic rings. The molecule has 0 saturated heterocycles. The minimum absolute atomic E-state index is 0.198. The smallest absolute Gasteiger partial charge is 0.377 e. The quantitative estimate of drug-likeness (QED) is 0.823. The third kappa shape index (κ3) is 3.16. The van der Waals surface area contributed by atoms with E-state index < -0.39 is 18.0 Å². The average molecular weight is 260 g/mol. The molecule has 0 fully saturated rings. The highest BCUT2D eigenvalue weighted by Gasteiger charge is 2.47. The van der Waals surface area contributed by atoms with E-state index in [2.05, 4.69) is 0 Å². The van der Waals surface area contributed by atoms with Crippen LogP contribution in [0.3, 0.4) is 0 Å². The molecule has 0 amide bonds. The molecule has 1 rings (SSSR count). The first-order valence-electron chi connectivity index (χ1n) is 5.41. The number of rotatable bonds is 6. The number of aliphatic carboxylic acids is 1. The predicted octanol–water partition coefficient (Wildman–Crippen LogP) is 2.23. The summed E-state index contributed by atoms with van der Waals surface area (Å²) in [7, 11) is 0. The number of carboxylic acids is 1. The minimum atomic E-state index is -4.23. The van der Waals surface area contributed by atoms with Crippen LogP contribution in [-0.2, 0) is 4.79 Å².